The number of ether oxygens (including phenoxy) is 1. The zero-order valence-electron chi connectivity index (χ0n) is 8.94. The van der Waals surface area contributed by atoms with Gasteiger partial charge in [-0.05, 0) is 13.0 Å². The number of aryl methyl sites for hydroxylation is 1. The normalized spacial score (nSPS) is 10.4. The number of thiazole rings is 1. The Morgan fingerprint density at radius 2 is 2.19 bits per heavy atom. The molecule has 0 aliphatic carbocycles. The van der Waals surface area contributed by atoms with E-state index in [1.165, 1.54) is 0 Å². The van der Waals surface area contributed by atoms with Crippen LogP contribution in [0.25, 0.3) is 0 Å². The van der Waals surface area contributed by atoms with E-state index >= 15 is 0 Å². The molecule has 0 atom stereocenters. The lowest BCUT2D eigenvalue weighted by Gasteiger charge is -2.07. The van der Waals surface area contributed by atoms with Crippen molar-refractivity contribution in [2.24, 2.45) is 0 Å². The number of benzene rings is 1. The molecule has 4 heteroatoms. The molecule has 0 aliphatic rings. The number of para-hydroxylation sites is 1. The lowest BCUT2D eigenvalue weighted by Crippen LogP contribution is -1.97. The van der Waals surface area contributed by atoms with Crippen LogP contribution in [0.1, 0.15) is 16.3 Å². The molecule has 2 rings (SSSR count). The summed E-state index contributed by atoms with van der Waals surface area (Å²) in [4.78, 5) is 4.34. The Hall–Kier alpha value is -1.06. The maximum atomic E-state index is 5.82. The topological polar surface area (TPSA) is 22.1 Å². The lowest BCUT2D eigenvalue weighted by atomic mass is 10.2. The molecule has 0 unspecified atom stereocenters. The van der Waals surface area contributed by atoms with Gasteiger partial charge < -0.3 is 4.74 Å². The van der Waals surface area contributed by atoms with Crippen LogP contribution < -0.4 is 4.74 Å². The molecule has 2 nitrogen and oxygen atoms in total. The zero-order chi connectivity index (χ0) is 11.4. The number of alkyl halides is 1. The van der Waals surface area contributed by atoms with Crippen LogP contribution in [-0.4, -0.2) is 4.98 Å². The minimum atomic E-state index is 0.465. The van der Waals surface area contributed by atoms with Gasteiger partial charge in [0.2, 0.25) is 0 Å². The van der Waals surface area contributed by atoms with Crippen molar-refractivity contribution in [3.05, 3.63) is 45.9 Å². The van der Waals surface area contributed by atoms with Gasteiger partial charge in [0.1, 0.15) is 17.4 Å². The van der Waals surface area contributed by atoms with Gasteiger partial charge in [0.25, 0.3) is 0 Å². The quantitative estimate of drug-likeness (QED) is 0.774. The molecular weight excluding hydrogens is 242 g/mol. The molecule has 84 valence electrons. The second-order valence-electron chi connectivity index (χ2n) is 3.41. The Bertz CT molecular complexity index is 470. The fourth-order valence-corrected chi connectivity index (χ4v) is 2.27. The van der Waals surface area contributed by atoms with Crippen molar-refractivity contribution in [1.82, 2.24) is 4.98 Å². The van der Waals surface area contributed by atoms with Crippen molar-refractivity contribution in [3.63, 3.8) is 0 Å². The highest BCUT2D eigenvalue weighted by Gasteiger charge is 2.03. The molecule has 0 bridgehead atoms. The van der Waals surface area contributed by atoms with Crippen molar-refractivity contribution in [2.75, 3.05) is 0 Å². The number of nitrogens with zero attached hydrogens (tertiary/aromatic N) is 1. The Balaban J connectivity index is 2.04. The van der Waals surface area contributed by atoms with E-state index in [9.17, 15) is 0 Å². The fraction of sp³-hybridized carbons (Fsp3) is 0.250. The van der Waals surface area contributed by atoms with E-state index in [4.69, 9.17) is 16.3 Å². The van der Waals surface area contributed by atoms with Crippen molar-refractivity contribution < 1.29 is 4.74 Å². The molecule has 0 aliphatic heterocycles. The summed E-state index contributed by atoms with van der Waals surface area (Å²) in [6.07, 6.45) is 0. The van der Waals surface area contributed by atoms with Crippen LogP contribution in [0.2, 0.25) is 0 Å². The predicted molar refractivity (Wildman–Crippen MR) is 67.2 cm³/mol. The first-order valence-corrected chi connectivity index (χ1v) is 6.38. The van der Waals surface area contributed by atoms with Gasteiger partial charge in [-0.15, -0.1) is 22.9 Å². The highest BCUT2D eigenvalue weighted by Crippen LogP contribution is 2.21. The van der Waals surface area contributed by atoms with E-state index in [2.05, 4.69) is 4.98 Å². The molecule has 1 heterocycles. The van der Waals surface area contributed by atoms with Crippen LogP contribution in [0, 0.1) is 6.92 Å². The van der Waals surface area contributed by atoms with Gasteiger partial charge in [0, 0.05) is 16.6 Å². The first-order valence-electron chi connectivity index (χ1n) is 4.97. The lowest BCUT2D eigenvalue weighted by molar-refractivity contribution is 0.303. The van der Waals surface area contributed by atoms with Gasteiger partial charge in [-0.25, -0.2) is 4.98 Å². The Morgan fingerprint density at radius 1 is 1.38 bits per heavy atom. The van der Waals surface area contributed by atoms with Crippen molar-refractivity contribution in [2.45, 2.75) is 19.4 Å². The summed E-state index contributed by atoms with van der Waals surface area (Å²) in [6, 6.07) is 7.80. The molecule has 0 saturated carbocycles. The van der Waals surface area contributed by atoms with Crippen LogP contribution >= 0.6 is 22.9 Å². The summed E-state index contributed by atoms with van der Waals surface area (Å²) in [5, 5.41) is 3.01. The first-order chi connectivity index (χ1) is 7.79. The average Bonchev–Trinajstić information content (AvgIpc) is 2.73. The van der Waals surface area contributed by atoms with Crippen molar-refractivity contribution in [3.8, 4) is 5.75 Å². The summed E-state index contributed by atoms with van der Waals surface area (Å²) < 4.78 is 5.69. The minimum absolute atomic E-state index is 0.465. The van der Waals surface area contributed by atoms with E-state index < -0.39 is 0 Å². The van der Waals surface area contributed by atoms with Gasteiger partial charge >= 0.3 is 0 Å². The fourth-order valence-electron chi connectivity index (χ4n) is 1.36. The first kappa shape index (κ1) is 11.4. The highest BCUT2D eigenvalue weighted by molar-refractivity contribution is 7.09. The number of hydrogen-bond acceptors (Lipinski definition) is 3. The molecule has 0 saturated heterocycles. The molecule has 1 aromatic heterocycles. The van der Waals surface area contributed by atoms with Gasteiger partial charge in [-0.2, -0.15) is 0 Å². The van der Waals surface area contributed by atoms with Gasteiger partial charge in [-0.1, -0.05) is 18.2 Å². The molecule has 16 heavy (non-hydrogen) atoms. The van der Waals surface area contributed by atoms with Crippen LogP contribution in [0.5, 0.6) is 5.75 Å². The molecular formula is C12H12ClNOS. The van der Waals surface area contributed by atoms with Gasteiger partial charge in [0.15, 0.2) is 0 Å². The second-order valence-corrected chi connectivity index (χ2v) is 4.62. The third-order valence-electron chi connectivity index (χ3n) is 2.13. The van der Waals surface area contributed by atoms with E-state index in [-0.39, 0.29) is 0 Å². The van der Waals surface area contributed by atoms with Crippen molar-refractivity contribution in [1.29, 1.82) is 0 Å². The average molecular weight is 254 g/mol. The maximum Gasteiger partial charge on any atom is 0.140 e. The minimum Gasteiger partial charge on any atom is -0.486 e. The van der Waals surface area contributed by atoms with Crippen LogP contribution in [0.3, 0.4) is 0 Å². The molecule has 0 spiro atoms. The van der Waals surface area contributed by atoms with Crippen LogP contribution in [0.4, 0.5) is 0 Å². The number of aromatic nitrogens is 1. The SMILES string of the molecule is Cc1csc(COc2ccccc2CCl)n1. The number of hydrogen-bond donors (Lipinski definition) is 0. The van der Waals surface area contributed by atoms with E-state index in [0.29, 0.717) is 12.5 Å². The summed E-state index contributed by atoms with van der Waals surface area (Å²) in [7, 11) is 0. The standard InChI is InChI=1S/C12H12ClNOS/c1-9-8-16-12(14-9)7-15-11-5-3-2-4-10(11)6-13/h2-5,8H,6-7H2,1H3. The van der Waals surface area contributed by atoms with E-state index in [1.54, 1.807) is 11.3 Å². The summed E-state index contributed by atoms with van der Waals surface area (Å²) in [5.74, 6) is 1.30. The third-order valence-corrected chi connectivity index (χ3v) is 3.36. The third kappa shape index (κ3) is 2.74. The molecule has 0 radical (unpaired) electrons. The Labute approximate surface area is 104 Å². The van der Waals surface area contributed by atoms with Crippen LogP contribution in [-0.2, 0) is 12.5 Å². The smallest absolute Gasteiger partial charge is 0.140 e. The predicted octanol–water partition coefficient (Wildman–Crippen LogP) is 3.77. The zero-order valence-corrected chi connectivity index (χ0v) is 10.5. The number of rotatable bonds is 4. The Kier molecular flexibility index (Phi) is 3.80. The summed E-state index contributed by atoms with van der Waals surface area (Å²) >= 11 is 7.44. The monoisotopic (exact) mass is 253 g/mol. The molecule has 0 amide bonds. The molecule has 2 aromatic rings. The van der Waals surface area contributed by atoms with E-state index in [1.807, 2.05) is 36.6 Å². The highest BCUT2D eigenvalue weighted by atomic mass is 35.5. The Morgan fingerprint density at radius 3 is 2.88 bits per heavy atom. The van der Waals surface area contributed by atoms with Crippen molar-refractivity contribution >= 4 is 22.9 Å². The molecule has 1 aromatic carbocycles. The van der Waals surface area contributed by atoms with Gasteiger partial charge in [-0.3, -0.25) is 0 Å². The van der Waals surface area contributed by atoms with Gasteiger partial charge in [0.05, 0.1) is 5.88 Å². The molecule has 0 fully saturated rings. The maximum absolute atomic E-state index is 5.82. The summed E-state index contributed by atoms with van der Waals surface area (Å²) in [6.45, 7) is 2.49. The largest absolute Gasteiger partial charge is 0.486 e. The second kappa shape index (κ2) is 5.32. The van der Waals surface area contributed by atoms with E-state index in [0.717, 1.165) is 22.0 Å². The number of halogens is 1. The molecule has 0 N–H and O–H groups in total. The van der Waals surface area contributed by atoms with Crippen LogP contribution in [0.15, 0.2) is 29.6 Å². The summed E-state index contributed by atoms with van der Waals surface area (Å²) in [5.41, 5.74) is 2.05.